The first-order valence-corrected chi connectivity index (χ1v) is 11.3. The summed E-state index contributed by atoms with van der Waals surface area (Å²) in [6.45, 7) is 4.09. The minimum atomic E-state index is 0.373. The second-order valence-electron chi connectivity index (χ2n) is 8.56. The first-order chi connectivity index (χ1) is 13.8. The van der Waals surface area contributed by atoms with E-state index >= 15 is 0 Å². The van der Waals surface area contributed by atoms with Crippen LogP contribution in [0.15, 0.2) is 48.5 Å². The molecule has 1 atom stereocenters. The first-order valence-electron chi connectivity index (χ1n) is 11.3. The normalized spacial score (nSPS) is 18.3. The van der Waals surface area contributed by atoms with Crippen LogP contribution in [-0.4, -0.2) is 23.9 Å². The Balaban J connectivity index is 1.37. The quantitative estimate of drug-likeness (QED) is 0.489. The number of hydrogen-bond acceptors (Lipinski definition) is 1. The molecule has 1 heterocycles. The molecule has 1 fully saturated rings. The van der Waals surface area contributed by atoms with E-state index in [1.807, 2.05) is 0 Å². The molecule has 1 aliphatic carbocycles. The van der Waals surface area contributed by atoms with Gasteiger partial charge in [-0.3, -0.25) is 4.79 Å². The lowest BCUT2D eigenvalue weighted by Gasteiger charge is -2.22. The molecule has 0 N–H and O–H groups in total. The summed E-state index contributed by atoms with van der Waals surface area (Å²) in [5, 5.41) is 0. The zero-order chi connectivity index (χ0) is 19.3. The molecular formula is C26H33NO. The van der Waals surface area contributed by atoms with Crippen LogP contribution in [0.25, 0.3) is 11.1 Å². The van der Waals surface area contributed by atoms with Crippen LogP contribution >= 0.6 is 0 Å². The Morgan fingerprint density at radius 3 is 2.18 bits per heavy atom. The van der Waals surface area contributed by atoms with Crippen LogP contribution in [0.4, 0.5) is 0 Å². The number of rotatable bonds is 8. The van der Waals surface area contributed by atoms with Crippen molar-refractivity contribution < 1.29 is 4.79 Å². The summed E-state index contributed by atoms with van der Waals surface area (Å²) in [6.07, 6.45) is 9.31. The van der Waals surface area contributed by atoms with Crippen LogP contribution in [0.5, 0.6) is 0 Å². The molecule has 2 aromatic rings. The third kappa shape index (κ3) is 3.87. The zero-order valence-corrected chi connectivity index (χ0v) is 17.2. The van der Waals surface area contributed by atoms with Gasteiger partial charge in [-0.15, -0.1) is 0 Å². The van der Waals surface area contributed by atoms with Gasteiger partial charge >= 0.3 is 0 Å². The highest BCUT2D eigenvalue weighted by Crippen LogP contribution is 2.49. The van der Waals surface area contributed by atoms with Gasteiger partial charge in [0.25, 0.3) is 0 Å². The maximum absolute atomic E-state index is 12.7. The molecule has 1 amide bonds. The van der Waals surface area contributed by atoms with Crippen LogP contribution in [0.1, 0.15) is 75.3 Å². The molecule has 2 heteroatoms. The van der Waals surface area contributed by atoms with Gasteiger partial charge in [-0.1, -0.05) is 87.6 Å². The summed E-state index contributed by atoms with van der Waals surface area (Å²) in [4.78, 5) is 14.9. The van der Waals surface area contributed by atoms with Crippen LogP contribution in [0.3, 0.4) is 0 Å². The molecular weight excluding hydrogens is 342 g/mol. The maximum Gasteiger partial charge on any atom is 0.222 e. The number of carbonyl (C=O) groups is 1. The van der Waals surface area contributed by atoms with Gasteiger partial charge in [0.1, 0.15) is 0 Å². The number of nitrogens with zero attached hydrogens (tertiary/aromatic N) is 1. The van der Waals surface area contributed by atoms with Gasteiger partial charge < -0.3 is 4.90 Å². The van der Waals surface area contributed by atoms with E-state index in [4.69, 9.17) is 0 Å². The molecule has 2 nitrogen and oxygen atoms in total. The summed E-state index contributed by atoms with van der Waals surface area (Å²) < 4.78 is 0. The predicted octanol–water partition coefficient (Wildman–Crippen LogP) is 6.40. The molecule has 148 valence electrons. The number of carbonyl (C=O) groups excluding carboxylic acids is 1. The van der Waals surface area contributed by atoms with Crippen molar-refractivity contribution in [3.05, 3.63) is 59.7 Å². The second kappa shape index (κ2) is 8.94. The van der Waals surface area contributed by atoms with Gasteiger partial charge in [0.05, 0.1) is 0 Å². The predicted molar refractivity (Wildman–Crippen MR) is 116 cm³/mol. The fourth-order valence-corrected chi connectivity index (χ4v) is 5.20. The summed E-state index contributed by atoms with van der Waals surface area (Å²) in [5.74, 6) is 1.36. The maximum atomic E-state index is 12.7. The number of unbranched alkanes of at least 4 members (excludes halogenated alkanes) is 5. The minimum absolute atomic E-state index is 0.373. The smallest absolute Gasteiger partial charge is 0.222 e. The number of fused-ring (bicyclic) bond motifs is 3. The average molecular weight is 376 g/mol. The van der Waals surface area contributed by atoms with Crippen molar-refractivity contribution >= 4 is 5.91 Å². The Labute approximate surface area is 170 Å². The Bertz CT molecular complexity index is 766. The van der Waals surface area contributed by atoms with Crippen molar-refractivity contribution in [2.24, 2.45) is 5.92 Å². The highest BCUT2D eigenvalue weighted by molar-refractivity contribution is 5.79. The van der Waals surface area contributed by atoms with Gasteiger partial charge in [-0.25, -0.2) is 0 Å². The molecule has 2 aliphatic rings. The molecule has 1 unspecified atom stereocenters. The number of hydrogen-bond donors (Lipinski definition) is 0. The van der Waals surface area contributed by atoms with Crippen LogP contribution in [0.2, 0.25) is 0 Å². The highest BCUT2D eigenvalue weighted by atomic mass is 16.2. The van der Waals surface area contributed by atoms with Crippen LogP contribution in [-0.2, 0) is 4.79 Å². The van der Waals surface area contributed by atoms with Crippen molar-refractivity contribution in [2.75, 3.05) is 13.1 Å². The SMILES string of the molecule is CCCCCCCCC(=O)N1CCC(C2c3ccccc3-c3ccccc32)C1. The van der Waals surface area contributed by atoms with Gasteiger partial charge in [0, 0.05) is 25.4 Å². The van der Waals surface area contributed by atoms with Gasteiger partial charge in [0.2, 0.25) is 5.91 Å². The third-order valence-electron chi connectivity index (χ3n) is 6.67. The van der Waals surface area contributed by atoms with Crippen LogP contribution in [0, 0.1) is 5.92 Å². The van der Waals surface area contributed by atoms with E-state index in [9.17, 15) is 4.79 Å². The Kier molecular flexibility index (Phi) is 6.14. The Morgan fingerprint density at radius 1 is 0.893 bits per heavy atom. The van der Waals surface area contributed by atoms with E-state index in [1.54, 1.807) is 0 Å². The Hall–Kier alpha value is -2.09. The number of benzene rings is 2. The van der Waals surface area contributed by atoms with E-state index in [1.165, 1.54) is 54.4 Å². The fraction of sp³-hybridized carbons (Fsp3) is 0.500. The summed E-state index contributed by atoms with van der Waals surface area (Å²) in [7, 11) is 0. The van der Waals surface area contributed by atoms with Crippen LogP contribution < -0.4 is 0 Å². The topological polar surface area (TPSA) is 20.3 Å². The van der Waals surface area contributed by atoms with E-state index in [0.29, 0.717) is 17.7 Å². The van der Waals surface area contributed by atoms with Gasteiger partial charge in [-0.05, 0) is 41.0 Å². The average Bonchev–Trinajstić information content (AvgIpc) is 3.33. The second-order valence-corrected chi connectivity index (χ2v) is 8.56. The zero-order valence-electron chi connectivity index (χ0n) is 17.2. The largest absolute Gasteiger partial charge is 0.342 e. The molecule has 4 rings (SSSR count). The van der Waals surface area contributed by atoms with Crippen molar-refractivity contribution in [3.63, 3.8) is 0 Å². The third-order valence-corrected chi connectivity index (χ3v) is 6.67. The summed E-state index contributed by atoms with van der Waals surface area (Å²) in [5.41, 5.74) is 5.69. The minimum Gasteiger partial charge on any atom is -0.342 e. The molecule has 1 saturated heterocycles. The van der Waals surface area contributed by atoms with E-state index in [2.05, 4.69) is 60.4 Å². The van der Waals surface area contributed by atoms with Gasteiger partial charge in [-0.2, -0.15) is 0 Å². The first kappa shape index (κ1) is 19.2. The number of amides is 1. The lowest BCUT2D eigenvalue weighted by molar-refractivity contribution is -0.130. The van der Waals surface area contributed by atoms with Crippen molar-refractivity contribution in [1.82, 2.24) is 4.90 Å². The van der Waals surface area contributed by atoms with Crippen molar-refractivity contribution in [3.8, 4) is 11.1 Å². The van der Waals surface area contributed by atoms with Crippen molar-refractivity contribution in [1.29, 1.82) is 0 Å². The molecule has 2 aromatic carbocycles. The molecule has 0 aromatic heterocycles. The molecule has 0 spiro atoms. The molecule has 0 saturated carbocycles. The van der Waals surface area contributed by atoms with Crippen molar-refractivity contribution in [2.45, 2.75) is 64.2 Å². The lowest BCUT2D eigenvalue weighted by atomic mass is 9.83. The summed E-state index contributed by atoms with van der Waals surface area (Å²) in [6, 6.07) is 17.7. The molecule has 28 heavy (non-hydrogen) atoms. The van der Waals surface area contributed by atoms with E-state index < -0.39 is 0 Å². The van der Waals surface area contributed by atoms with Gasteiger partial charge in [0.15, 0.2) is 0 Å². The highest BCUT2D eigenvalue weighted by Gasteiger charge is 2.38. The number of likely N-dealkylation sites (tertiary alicyclic amines) is 1. The molecule has 0 radical (unpaired) electrons. The standard InChI is InChI=1S/C26H33NO/c1-2-3-4-5-6-7-16-25(28)27-18-17-20(19-27)26-23-14-10-8-12-21(23)22-13-9-11-15-24(22)26/h8-15,20,26H,2-7,16-19H2,1H3. The molecule has 0 bridgehead atoms. The fourth-order valence-electron chi connectivity index (χ4n) is 5.20. The summed E-state index contributed by atoms with van der Waals surface area (Å²) >= 11 is 0. The Morgan fingerprint density at radius 2 is 1.50 bits per heavy atom. The van der Waals surface area contributed by atoms with E-state index in [0.717, 1.165) is 32.4 Å². The molecule has 1 aliphatic heterocycles. The van der Waals surface area contributed by atoms with E-state index in [-0.39, 0.29) is 0 Å². The lowest BCUT2D eigenvalue weighted by Crippen LogP contribution is -2.29. The monoisotopic (exact) mass is 375 g/mol.